The van der Waals surface area contributed by atoms with Crippen LogP contribution in [0.3, 0.4) is 0 Å². The number of amides is 4. The van der Waals surface area contributed by atoms with E-state index in [1.54, 1.807) is 30.3 Å². The molecule has 0 bridgehead atoms. The quantitative estimate of drug-likeness (QED) is 0.191. The highest BCUT2D eigenvalue weighted by molar-refractivity contribution is 14.1. The molecule has 184 valence electrons. The van der Waals surface area contributed by atoms with Crippen molar-refractivity contribution < 1.29 is 19.1 Å². The van der Waals surface area contributed by atoms with Gasteiger partial charge in [-0.2, -0.15) is 0 Å². The van der Waals surface area contributed by atoms with Crippen LogP contribution in [-0.4, -0.2) is 17.8 Å². The molecule has 1 N–H and O–H groups in total. The van der Waals surface area contributed by atoms with Crippen molar-refractivity contribution in [3.8, 4) is 5.75 Å². The van der Waals surface area contributed by atoms with Crippen LogP contribution in [0, 0.1) is 3.57 Å². The SMILES string of the molecule is CC(C)(C)c1ccc(N2C(=O)NC(=O)C(=Cc3ccc(OCc4ccc(I)cc4)c(Br)c3)C2=O)cc1. The van der Waals surface area contributed by atoms with Crippen molar-refractivity contribution >= 4 is 68.1 Å². The number of anilines is 1. The number of ether oxygens (including phenoxy) is 1. The summed E-state index contributed by atoms with van der Waals surface area (Å²) in [4.78, 5) is 39.2. The van der Waals surface area contributed by atoms with Crippen molar-refractivity contribution in [3.63, 3.8) is 0 Å². The average Bonchev–Trinajstić information content (AvgIpc) is 2.82. The van der Waals surface area contributed by atoms with Crippen LogP contribution in [0.4, 0.5) is 10.5 Å². The second-order valence-corrected chi connectivity index (χ2v) is 11.5. The number of halogens is 2. The third kappa shape index (κ3) is 5.87. The number of imide groups is 2. The molecular weight excluding hydrogens is 635 g/mol. The molecule has 1 aliphatic heterocycles. The molecule has 1 heterocycles. The minimum Gasteiger partial charge on any atom is -0.488 e. The largest absolute Gasteiger partial charge is 0.488 e. The van der Waals surface area contributed by atoms with Crippen LogP contribution < -0.4 is 15.0 Å². The van der Waals surface area contributed by atoms with Gasteiger partial charge in [-0.25, -0.2) is 9.69 Å². The summed E-state index contributed by atoms with van der Waals surface area (Å²) in [6.45, 7) is 6.65. The highest BCUT2D eigenvalue weighted by atomic mass is 127. The van der Waals surface area contributed by atoms with Gasteiger partial charge >= 0.3 is 6.03 Å². The van der Waals surface area contributed by atoms with Crippen LogP contribution in [0.15, 0.2) is 76.8 Å². The molecule has 36 heavy (non-hydrogen) atoms. The summed E-state index contributed by atoms with van der Waals surface area (Å²) in [5.41, 5.74) is 2.91. The maximum absolute atomic E-state index is 13.2. The fraction of sp³-hybridized carbons (Fsp3) is 0.179. The molecular formula is C28H24BrIN2O4. The predicted octanol–water partition coefficient (Wildman–Crippen LogP) is 6.60. The van der Waals surface area contributed by atoms with Crippen LogP contribution >= 0.6 is 38.5 Å². The van der Waals surface area contributed by atoms with Gasteiger partial charge in [-0.15, -0.1) is 0 Å². The van der Waals surface area contributed by atoms with Crippen molar-refractivity contribution in [1.82, 2.24) is 5.32 Å². The van der Waals surface area contributed by atoms with E-state index in [9.17, 15) is 14.4 Å². The molecule has 4 amide bonds. The Bertz CT molecular complexity index is 1360. The maximum Gasteiger partial charge on any atom is 0.335 e. The van der Waals surface area contributed by atoms with Gasteiger partial charge < -0.3 is 4.74 Å². The Labute approximate surface area is 232 Å². The van der Waals surface area contributed by atoms with E-state index in [1.165, 1.54) is 6.08 Å². The summed E-state index contributed by atoms with van der Waals surface area (Å²) in [5, 5.41) is 2.26. The number of carbonyl (C=O) groups excluding carboxylic acids is 3. The molecule has 0 radical (unpaired) electrons. The van der Waals surface area contributed by atoms with Crippen molar-refractivity contribution in [2.75, 3.05) is 4.90 Å². The number of benzene rings is 3. The summed E-state index contributed by atoms with van der Waals surface area (Å²) in [7, 11) is 0. The van der Waals surface area contributed by atoms with E-state index in [1.807, 2.05) is 36.4 Å². The number of barbiturate groups is 1. The van der Waals surface area contributed by atoms with Crippen LogP contribution in [0.2, 0.25) is 0 Å². The first-order chi connectivity index (χ1) is 17.0. The standard InChI is InChI=1S/C28H24BrIN2O4/c1-28(2,3)19-7-11-21(12-8-19)32-26(34)22(25(33)31-27(32)35)14-18-6-13-24(23(29)15-18)36-16-17-4-9-20(30)10-5-17/h4-15H,16H2,1-3H3,(H,31,33,35). The molecule has 3 aromatic rings. The zero-order valence-corrected chi connectivity index (χ0v) is 23.7. The van der Waals surface area contributed by atoms with Gasteiger partial charge in [0.05, 0.1) is 10.2 Å². The lowest BCUT2D eigenvalue weighted by Gasteiger charge is -2.27. The van der Waals surface area contributed by atoms with Crippen molar-refractivity contribution in [2.45, 2.75) is 32.8 Å². The lowest BCUT2D eigenvalue weighted by atomic mass is 9.87. The van der Waals surface area contributed by atoms with Crippen LogP contribution in [-0.2, 0) is 21.6 Å². The fourth-order valence-corrected chi connectivity index (χ4v) is 4.51. The maximum atomic E-state index is 13.2. The number of rotatable bonds is 5. The van der Waals surface area contributed by atoms with Gasteiger partial charge in [-0.3, -0.25) is 14.9 Å². The summed E-state index contributed by atoms with van der Waals surface area (Å²) in [6, 6.07) is 19.7. The molecule has 1 fully saturated rings. The molecule has 0 unspecified atom stereocenters. The zero-order chi connectivity index (χ0) is 26.0. The summed E-state index contributed by atoms with van der Waals surface area (Å²) < 4.78 is 7.73. The fourth-order valence-electron chi connectivity index (χ4n) is 3.63. The van der Waals surface area contributed by atoms with E-state index in [0.717, 1.165) is 19.6 Å². The Morgan fingerprint density at radius 1 is 0.972 bits per heavy atom. The van der Waals surface area contributed by atoms with Crippen LogP contribution in [0.1, 0.15) is 37.5 Å². The lowest BCUT2D eigenvalue weighted by Crippen LogP contribution is -2.54. The van der Waals surface area contributed by atoms with Gasteiger partial charge in [-0.05, 0) is 103 Å². The molecule has 0 aliphatic carbocycles. The Morgan fingerprint density at radius 2 is 1.64 bits per heavy atom. The number of urea groups is 1. The molecule has 0 saturated carbocycles. The first-order valence-electron chi connectivity index (χ1n) is 11.2. The summed E-state index contributed by atoms with van der Waals surface area (Å²) in [5.74, 6) is -0.781. The second-order valence-electron chi connectivity index (χ2n) is 9.36. The van der Waals surface area contributed by atoms with Gasteiger partial charge in [0.15, 0.2) is 0 Å². The highest BCUT2D eigenvalue weighted by Crippen LogP contribution is 2.30. The predicted molar refractivity (Wildman–Crippen MR) is 152 cm³/mol. The molecule has 1 aliphatic rings. The average molecular weight is 659 g/mol. The van der Waals surface area contributed by atoms with Crippen LogP contribution in [0.25, 0.3) is 6.08 Å². The van der Waals surface area contributed by atoms with E-state index in [4.69, 9.17) is 4.74 Å². The van der Waals surface area contributed by atoms with Gasteiger partial charge in [0, 0.05) is 3.57 Å². The third-order valence-corrected chi connectivity index (χ3v) is 7.01. The third-order valence-electron chi connectivity index (χ3n) is 5.67. The van der Waals surface area contributed by atoms with E-state index < -0.39 is 17.8 Å². The minimum atomic E-state index is -0.772. The molecule has 3 aromatic carbocycles. The van der Waals surface area contributed by atoms with Crippen molar-refractivity contribution in [1.29, 1.82) is 0 Å². The summed E-state index contributed by atoms with van der Waals surface area (Å²) in [6.07, 6.45) is 1.47. The lowest BCUT2D eigenvalue weighted by molar-refractivity contribution is -0.122. The smallest absolute Gasteiger partial charge is 0.335 e. The number of nitrogens with zero attached hydrogens (tertiary/aromatic N) is 1. The number of hydrogen-bond acceptors (Lipinski definition) is 4. The molecule has 4 rings (SSSR count). The number of hydrogen-bond donors (Lipinski definition) is 1. The van der Waals surface area contributed by atoms with Crippen LogP contribution in [0.5, 0.6) is 5.75 Å². The molecule has 0 aromatic heterocycles. The van der Waals surface area contributed by atoms with Gasteiger partial charge in [0.25, 0.3) is 11.8 Å². The molecule has 1 saturated heterocycles. The number of carbonyl (C=O) groups is 3. The van der Waals surface area contributed by atoms with E-state index >= 15 is 0 Å². The second kappa shape index (κ2) is 10.6. The summed E-state index contributed by atoms with van der Waals surface area (Å²) >= 11 is 5.75. The topological polar surface area (TPSA) is 75.7 Å². The highest BCUT2D eigenvalue weighted by Gasteiger charge is 2.37. The Kier molecular flexibility index (Phi) is 7.65. The van der Waals surface area contributed by atoms with Gasteiger partial charge in [-0.1, -0.05) is 51.1 Å². The Morgan fingerprint density at radius 3 is 2.25 bits per heavy atom. The normalized spacial score (nSPS) is 15.3. The molecule has 6 nitrogen and oxygen atoms in total. The van der Waals surface area contributed by atoms with Crippen molar-refractivity contribution in [2.24, 2.45) is 0 Å². The first-order valence-corrected chi connectivity index (χ1v) is 13.1. The van der Waals surface area contributed by atoms with Crippen molar-refractivity contribution in [3.05, 3.63) is 97.0 Å². The van der Waals surface area contributed by atoms with Gasteiger partial charge in [0.1, 0.15) is 17.9 Å². The monoisotopic (exact) mass is 658 g/mol. The number of nitrogens with one attached hydrogen (secondary N) is 1. The van der Waals surface area contributed by atoms with E-state index in [0.29, 0.717) is 28.1 Å². The zero-order valence-electron chi connectivity index (χ0n) is 20.0. The molecule has 8 heteroatoms. The Hall–Kier alpha value is -2.98. The molecule has 0 atom stereocenters. The van der Waals surface area contributed by atoms with E-state index in [2.05, 4.69) is 64.6 Å². The van der Waals surface area contributed by atoms with E-state index in [-0.39, 0.29) is 11.0 Å². The van der Waals surface area contributed by atoms with Gasteiger partial charge in [0.2, 0.25) is 0 Å². The molecule has 0 spiro atoms. The minimum absolute atomic E-state index is 0.0726. The first kappa shape index (κ1) is 26.1. The Balaban J connectivity index is 1.55.